The Bertz CT molecular complexity index is 247. The van der Waals surface area contributed by atoms with E-state index in [4.69, 9.17) is 0 Å². The summed E-state index contributed by atoms with van der Waals surface area (Å²) in [6.07, 6.45) is 14.5. The average Bonchev–Trinajstić information content (AvgIpc) is 2.41. The molecule has 0 heteroatoms. The summed E-state index contributed by atoms with van der Waals surface area (Å²) in [4.78, 5) is 0. The van der Waals surface area contributed by atoms with Gasteiger partial charge in [-0.15, -0.1) is 0 Å². The van der Waals surface area contributed by atoms with E-state index in [1.165, 1.54) is 32.1 Å². The molecule has 2 bridgehead atoms. The van der Waals surface area contributed by atoms with E-state index in [0.29, 0.717) is 5.41 Å². The van der Waals surface area contributed by atoms with E-state index in [-0.39, 0.29) is 0 Å². The predicted octanol–water partition coefficient (Wildman–Crippen LogP) is 3.06. The number of rotatable bonds is 1. The van der Waals surface area contributed by atoms with Gasteiger partial charge in [0, 0.05) is 5.41 Å². The highest BCUT2D eigenvalue weighted by atomic mass is 14.5. The highest BCUT2D eigenvalue weighted by Gasteiger charge is 2.43. The van der Waals surface area contributed by atoms with Gasteiger partial charge in [-0.1, -0.05) is 23.8 Å². The van der Waals surface area contributed by atoms with Crippen LogP contribution < -0.4 is 0 Å². The zero-order chi connectivity index (χ0) is 7.31. The fraction of sp³-hybridized carbons (Fsp3) is 0.636. The largest absolute Gasteiger partial charge is 0.0845 e. The van der Waals surface area contributed by atoms with Crippen LogP contribution >= 0.6 is 0 Å². The van der Waals surface area contributed by atoms with E-state index >= 15 is 0 Å². The fourth-order valence-electron chi connectivity index (χ4n) is 2.89. The van der Waals surface area contributed by atoms with E-state index < -0.39 is 0 Å². The molecule has 0 N–H and O–H groups in total. The Balaban J connectivity index is 2.00. The zero-order valence-electron chi connectivity index (χ0n) is 6.84. The first-order valence-electron chi connectivity index (χ1n) is 4.78. The van der Waals surface area contributed by atoms with Crippen LogP contribution in [0.2, 0.25) is 0 Å². The number of hydrogen-bond donors (Lipinski definition) is 0. The Morgan fingerprint density at radius 1 is 1.45 bits per heavy atom. The first-order chi connectivity index (χ1) is 5.39. The van der Waals surface area contributed by atoms with Crippen molar-refractivity contribution in [2.24, 2.45) is 11.3 Å². The molecule has 0 radical (unpaired) electrons. The SMILES string of the molecule is C1=CC2(C3=CCC3)CCC1C2. The van der Waals surface area contributed by atoms with Crippen molar-refractivity contribution >= 4 is 0 Å². The van der Waals surface area contributed by atoms with Gasteiger partial charge in [0.15, 0.2) is 0 Å². The Labute approximate surface area is 68.0 Å². The Hall–Kier alpha value is -0.520. The fourth-order valence-corrected chi connectivity index (χ4v) is 2.89. The van der Waals surface area contributed by atoms with Crippen molar-refractivity contribution in [2.45, 2.75) is 32.1 Å². The minimum Gasteiger partial charge on any atom is -0.0845 e. The summed E-state index contributed by atoms with van der Waals surface area (Å²) in [5.41, 5.74) is 2.34. The smallest absolute Gasteiger partial charge is 0.00967 e. The molecule has 0 saturated heterocycles. The minimum atomic E-state index is 0.586. The van der Waals surface area contributed by atoms with E-state index in [9.17, 15) is 0 Å². The molecular weight excluding hydrogens is 132 g/mol. The summed E-state index contributed by atoms with van der Waals surface area (Å²) in [5, 5.41) is 0. The second-order valence-electron chi connectivity index (χ2n) is 4.29. The van der Waals surface area contributed by atoms with Crippen LogP contribution in [-0.2, 0) is 0 Å². The molecule has 11 heavy (non-hydrogen) atoms. The van der Waals surface area contributed by atoms with Crippen molar-refractivity contribution in [3.63, 3.8) is 0 Å². The third-order valence-corrected chi connectivity index (χ3v) is 3.72. The maximum Gasteiger partial charge on any atom is 0.00967 e. The molecule has 3 aliphatic rings. The summed E-state index contributed by atoms with van der Waals surface area (Å²) in [7, 11) is 0. The predicted molar refractivity (Wildman–Crippen MR) is 46.2 cm³/mol. The van der Waals surface area contributed by atoms with E-state index in [0.717, 1.165) is 5.92 Å². The van der Waals surface area contributed by atoms with Crippen molar-refractivity contribution in [1.29, 1.82) is 0 Å². The molecule has 0 aromatic carbocycles. The minimum absolute atomic E-state index is 0.586. The summed E-state index contributed by atoms with van der Waals surface area (Å²) in [5.74, 6) is 0.941. The molecule has 0 aromatic rings. The molecule has 3 aliphatic carbocycles. The maximum absolute atomic E-state index is 2.49. The molecule has 0 aliphatic heterocycles. The van der Waals surface area contributed by atoms with Crippen molar-refractivity contribution < 1.29 is 0 Å². The van der Waals surface area contributed by atoms with Gasteiger partial charge in [-0.2, -0.15) is 0 Å². The molecule has 1 saturated carbocycles. The summed E-state index contributed by atoms with van der Waals surface area (Å²) in [6, 6.07) is 0. The van der Waals surface area contributed by atoms with Crippen LogP contribution in [0.5, 0.6) is 0 Å². The lowest BCUT2D eigenvalue weighted by atomic mass is 9.73. The van der Waals surface area contributed by atoms with Crippen LogP contribution in [0.25, 0.3) is 0 Å². The highest BCUT2D eigenvalue weighted by Crippen LogP contribution is 2.56. The summed E-state index contributed by atoms with van der Waals surface area (Å²) in [6.45, 7) is 0. The molecule has 0 heterocycles. The van der Waals surface area contributed by atoms with Crippen molar-refractivity contribution in [2.75, 3.05) is 0 Å². The van der Waals surface area contributed by atoms with Crippen molar-refractivity contribution in [3.05, 3.63) is 23.8 Å². The molecule has 58 valence electrons. The van der Waals surface area contributed by atoms with Crippen LogP contribution in [0.4, 0.5) is 0 Å². The molecule has 0 aromatic heterocycles. The molecule has 0 nitrogen and oxygen atoms in total. The monoisotopic (exact) mass is 146 g/mol. The van der Waals surface area contributed by atoms with Crippen LogP contribution in [0.3, 0.4) is 0 Å². The van der Waals surface area contributed by atoms with Gasteiger partial charge in [0.1, 0.15) is 0 Å². The summed E-state index contributed by atoms with van der Waals surface area (Å²) >= 11 is 0. The first kappa shape index (κ1) is 6.05. The topological polar surface area (TPSA) is 0 Å². The van der Waals surface area contributed by atoms with Crippen LogP contribution in [0.1, 0.15) is 32.1 Å². The number of allylic oxidation sites excluding steroid dienone is 4. The third-order valence-electron chi connectivity index (χ3n) is 3.72. The van der Waals surface area contributed by atoms with Gasteiger partial charge in [-0.05, 0) is 38.0 Å². The molecule has 1 fully saturated rings. The Morgan fingerprint density at radius 3 is 2.73 bits per heavy atom. The van der Waals surface area contributed by atoms with Gasteiger partial charge in [0.25, 0.3) is 0 Å². The zero-order valence-corrected chi connectivity index (χ0v) is 6.84. The molecule has 2 unspecified atom stereocenters. The Morgan fingerprint density at radius 2 is 2.36 bits per heavy atom. The molecule has 0 amide bonds. The standard InChI is InChI=1S/C11H14/c1-2-10(3-1)11-6-4-9(8-11)5-7-11/h2,4,6,9H,1,3,5,7-8H2. The number of fused-ring (bicyclic) bond motifs is 2. The normalized spacial score (nSPS) is 45.8. The van der Waals surface area contributed by atoms with Gasteiger partial charge in [-0.3, -0.25) is 0 Å². The Kier molecular flexibility index (Phi) is 0.988. The van der Waals surface area contributed by atoms with E-state index in [2.05, 4.69) is 18.2 Å². The third kappa shape index (κ3) is 0.654. The second kappa shape index (κ2) is 1.80. The van der Waals surface area contributed by atoms with Crippen LogP contribution in [-0.4, -0.2) is 0 Å². The molecule has 0 spiro atoms. The van der Waals surface area contributed by atoms with Gasteiger partial charge < -0.3 is 0 Å². The van der Waals surface area contributed by atoms with Crippen LogP contribution in [0, 0.1) is 11.3 Å². The quantitative estimate of drug-likeness (QED) is 0.499. The van der Waals surface area contributed by atoms with Crippen molar-refractivity contribution in [3.8, 4) is 0 Å². The van der Waals surface area contributed by atoms with Gasteiger partial charge in [0.05, 0.1) is 0 Å². The second-order valence-corrected chi connectivity index (χ2v) is 4.29. The van der Waals surface area contributed by atoms with E-state index in [1.54, 1.807) is 5.57 Å². The van der Waals surface area contributed by atoms with Gasteiger partial charge in [-0.25, -0.2) is 0 Å². The van der Waals surface area contributed by atoms with Crippen LogP contribution in [0.15, 0.2) is 23.8 Å². The average molecular weight is 146 g/mol. The van der Waals surface area contributed by atoms with Gasteiger partial charge in [0.2, 0.25) is 0 Å². The maximum atomic E-state index is 2.49. The molecule has 3 rings (SSSR count). The lowest BCUT2D eigenvalue weighted by Gasteiger charge is -2.31. The lowest BCUT2D eigenvalue weighted by Crippen LogP contribution is -2.18. The van der Waals surface area contributed by atoms with Crippen molar-refractivity contribution in [1.82, 2.24) is 0 Å². The first-order valence-corrected chi connectivity index (χ1v) is 4.78. The van der Waals surface area contributed by atoms with Gasteiger partial charge >= 0.3 is 0 Å². The molecule has 2 atom stereocenters. The lowest BCUT2D eigenvalue weighted by molar-refractivity contribution is 0.449. The number of hydrogen-bond acceptors (Lipinski definition) is 0. The van der Waals surface area contributed by atoms with E-state index in [1.807, 2.05) is 0 Å². The summed E-state index contributed by atoms with van der Waals surface area (Å²) < 4.78 is 0. The highest BCUT2D eigenvalue weighted by molar-refractivity contribution is 5.34. The molecular formula is C11H14.